The normalized spacial score (nSPS) is 13.1. The highest BCUT2D eigenvalue weighted by Gasteiger charge is 2.24. The number of hydrogen-bond acceptors (Lipinski definition) is 6. The summed E-state index contributed by atoms with van der Waals surface area (Å²) in [7, 11) is 0. The van der Waals surface area contributed by atoms with Gasteiger partial charge in [0.1, 0.15) is 11.9 Å². The SMILES string of the molecule is CC(C)(C)c1nsc(NC(CC(=O)O)C(=O)O)n1. The molecule has 1 aromatic rings. The summed E-state index contributed by atoms with van der Waals surface area (Å²) in [5.41, 5.74) is -0.234. The van der Waals surface area contributed by atoms with E-state index in [0.717, 1.165) is 11.5 Å². The molecule has 18 heavy (non-hydrogen) atoms. The molecule has 1 aromatic heterocycles. The zero-order chi connectivity index (χ0) is 13.9. The summed E-state index contributed by atoms with van der Waals surface area (Å²) < 4.78 is 4.11. The second kappa shape index (κ2) is 5.30. The predicted octanol–water partition coefficient (Wildman–Crippen LogP) is 1.18. The Balaban J connectivity index is 2.79. The second-order valence-corrected chi connectivity index (χ2v) is 5.56. The number of aromatic nitrogens is 2. The van der Waals surface area contributed by atoms with E-state index in [-0.39, 0.29) is 5.41 Å². The van der Waals surface area contributed by atoms with E-state index in [1.165, 1.54) is 0 Å². The topological polar surface area (TPSA) is 112 Å². The average Bonchev–Trinajstić information content (AvgIpc) is 2.63. The van der Waals surface area contributed by atoms with Crippen LogP contribution >= 0.6 is 11.5 Å². The zero-order valence-electron chi connectivity index (χ0n) is 10.3. The molecule has 0 amide bonds. The minimum absolute atomic E-state index is 0.234. The van der Waals surface area contributed by atoms with Gasteiger partial charge in [0.25, 0.3) is 0 Å². The highest BCUT2D eigenvalue weighted by Crippen LogP contribution is 2.23. The van der Waals surface area contributed by atoms with Crippen molar-refractivity contribution in [3.8, 4) is 0 Å². The van der Waals surface area contributed by atoms with E-state index in [2.05, 4.69) is 14.7 Å². The monoisotopic (exact) mass is 273 g/mol. The number of anilines is 1. The second-order valence-electron chi connectivity index (χ2n) is 4.81. The molecule has 1 unspecified atom stereocenters. The van der Waals surface area contributed by atoms with Gasteiger partial charge in [-0.1, -0.05) is 20.8 Å². The van der Waals surface area contributed by atoms with E-state index in [1.807, 2.05) is 20.8 Å². The van der Waals surface area contributed by atoms with E-state index in [1.54, 1.807) is 0 Å². The highest BCUT2D eigenvalue weighted by atomic mass is 32.1. The number of carbonyl (C=O) groups is 2. The molecule has 0 saturated heterocycles. The Labute approximate surface area is 108 Å². The van der Waals surface area contributed by atoms with Crippen molar-refractivity contribution < 1.29 is 19.8 Å². The maximum Gasteiger partial charge on any atom is 0.326 e. The molecule has 1 rings (SSSR count). The van der Waals surface area contributed by atoms with Crippen LogP contribution in [0.15, 0.2) is 0 Å². The molecule has 0 saturated carbocycles. The van der Waals surface area contributed by atoms with Gasteiger partial charge in [0.2, 0.25) is 5.13 Å². The smallest absolute Gasteiger partial charge is 0.326 e. The van der Waals surface area contributed by atoms with Gasteiger partial charge in [0, 0.05) is 16.9 Å². The van der Waals surface area contributed by atoms with Gasteiger partial charge in [-0.3, -0.25) is 4.79 Å². The van der Waals surface area contributed by atoms with E-state index in [9.17, 15) is 9.59 Å². The molecule has 0 spiro atoms. The van der Waals surface area contributed by atoms with Crippen LogP contribution in [0.2, 0.25) is 0 Å². The van der Waals surface area contributed by atoms with Crippen molar-refractivity contribution >= 4 is 28.6 Å². The van der Waals surface area contributed by atoms with Crippen LogP contribution in [0.25, 0.3) is 0 Å². The van der Waals surface area contributed by atoms with Crippen molar-refractivity contribution in [2.24, 2.45) is 0 Å². The molecule has 0 aliphatic rings. The van der Waals surface area contributed by atoms with Crippen LogP contribution in [-0.2, 0) is 15.0 Å². The largest absolute Gasteiger partial charge is 0.481 e. The molecule has 3 N–H and O–H groups in total. The van der Waals surface area contributed by atoms with Gasteiger partial charge in [0.15, 0.2) is 0 Å². The van der Waals surface area contributed by atoms with Gasteiger partial charge >= 0.3 is 11.9 Å². The van der Waals surface area contributed by atoms with E-state index < -0.39 is 24.4 Å². The Kier molecular flexibility index (Phi) is 4.23. The maximum atomic E-state index is 10.9. The van der Waals surface area contributed by atoms with Crippen molar-refractivity contribution in [1.82, 2.24) is 9.36 Å². The molecule has 0 bridgehead atoms. The molecule has 1 heterocycles. The van der Waals surface area contributed by atoms with Gasteiger partial charge in [-0.15, -0.1) is 0 Å². The summed E-state index contributed by atoms with van der Waals surface area (Å²) in [6.45, 7) is 5.81. The average molecular weight is 273 g/mol. The fourth-order valence-corrected chi connectivity index (χ4v) is 1.92. The number of carboxylic acids is 2. The highest BCUT2D eigenvalue weighted by molar-refractivity contribution is 7.09. The number of nitrogens with one attached hydrogen (secondary N) is 1. The minimum atomic E-state index is -1.23. The van der Waals surface area contributed by atoms with Gasteiger partial charge in [0.05, 0.1) is 6.42 Å². The number of carboxylic acid groups (broad SMARTS) is 2. The third-order valence-electron chi connectivity index (χ3n) is 2.07. The van der Waals surface area contributed by atoms with Gasteiger partial charge < -0.3 is 15.5 Å². The summed E-state index contributed by atoms with van der Waals surface area (Å²) in [6.07, 6.45) is -0.514. The minimum Gasteiger partial charge on any atom is -0.481 e. The van der Waals surface area contributed by atoms with Crippen LogP contribution in [0.3, 0.4) is 0 Å². The summed E-state index contributed by atoms with van der Waals surface area (Å²) in [5.74, 6) is -1.82. The lowest BCUT2D eigenvalue weighted by molar-refractivity contribution is -0.144. The lowest BCUT2D eigenvalue weighted by Gasteiger charge is -2.13. The third kappa shape index (κ3) is 3.95. The van der Waals surface area contributed by atoms with Crippen molar-refractivity contribution in [3.63, 3.8) is 0 Å². The molecular formula is C10H15N3O4S. The molecule has 0 aromatic carbocycles. The lowest BCUT2D eigenvalue weighted by atomic mass is 9.96. The number of aliphatic carboxylic acids is 2. The van der Waals surface area contributed by atoms with Gasteiger partial charge in [-0.05, 0) is 0 Å². The Hall–Kier alpha value is -1.70. The molecule has 0 radical (unpaired) electrons. The molecule has 0 aliphatic heterocycles. The zero-order valence-corrected chi connectivity index (χ0v) is 11.1. The van der Waals surface area contributed by atoms with Crippen LogP contribution < -0.4 is 5.32 Å². The van der Waals surface area contributed by atoms with Gasteiger partial charge in [-0.2, -0.15) is 4.37 Å². The first-order valence-electron chi connectivity index (χ1n) is 5.25. The Morgan fingerprint density at radius 2 is 2.00 bits per heavy atom. The van der Waals surface area contributed by atoms with E-state index in [0.29, 0.717) is 11.0 Å². The van der Waals surface area contributed by atoms with Crippen LogP contribution in [0, 0.1) is 0 Å². The lowest BCUT2D eigenvalue weighted by Crippen LogP contribution is -2.31. The number of nitrogens with zero attached hydrogens (tertiary/aromatic N) is 2. The Morgan fingerprint density at radius 3 is 2.39 bits per heavy atom. The molecule has 1 atom stereocenters. The summed E-state index contributed by atoms with van der Waals surface area (Å²) in [4.78, 5) is 25.6. The first-order chi connectivity index (χ1) is 8.20. The molecule has 8 heteroatoms. The maximum absolute atomic E-state index is 10.9. The summed E-state index contributed by atoms with van der Waals surface area (Å²) in [6, 6.07) is -1.21. The quantitative estimate of drug-likeness (QED) is 0.738. The first-order valence-corrected chi connectivity index (χ1v) is 6.03. The van der Waals surface area contributed by atoms with Crippen LogP contribution in [0.1, 0.15) is 33.0 Å². The standard InChI is InChI=1S/C10H15N3O4S/c1-10(2,3)8-12-9(18-13-8)11-5(7(16)17)4-6(14)15/h5H,4H2,1-3H3,(H,14,15)(H,16,17)(H,11,12,13). The fourth-order valence-electron chi connectivity index (χ4n) is 1.11. The van der Waals surface area contributed by atoms with Crippen molar-refractivity contribution in [1.29, 1.82) is 0 Å². The van der Waals surface area contributed by atoms with Crippen molar-refractivity contribution in [3.05, 3.63) is 5.82 Å². The Morgan fingerprint density at radius 1 is 1.39 bits per heavy atom. The fraction of sp³-hybridized carbons (Fsp3) is 0.600. The molecular weight excluding hydrogens is 258 g/mol. The first kappa shape index (κ1) is 14.4. The Bertz CT molecular complexity index is 452. The van der Waals surface area contributed by atoms with Crippen LogP contribution in [0.4, 0.5) is 5.13 Å². The molecule has 100 valence electrons. The van der Waals surface area contributed by atoms with Gasteiger partial charge in [-0.25, -0.2) is 9.78 Å². The molecule has 7 nitrogen and oxygen atoms in total. The summed E-state index contributed by atoms with van der Waals surface area (Å²) in [5, 5.41) is 20.4. The third-order valence-corrected chi connectivity index (χ3v) is 2.72. The van der Waals surface area contributed by atoms with Crippen molar-refractivity contribution in [2.75, 3.05) is 5.32 Å². The van der Waals surface area contributed by atoms with Crippen LogP contribution in [0.5, 0.6) is 0 Å². The molecule has 0 aliphatic carbocycles. The number of rotatable bonds is 5. The van der Waals surface area contributed by atoms with E-state index >= 15 is 0 Å². The van der Waals surface area contributed by atoms with E-state index in [4.69, 9.17) is 10.2 Å². The van der Waals surface area contributed by atoms with Crippen LogP contribution in [-0.4, -0.2) is 37.6 Å². The number of hydrogen-bond donors (Lipinski definition) is 3. The molecule has 0 fully saturated rings. The predicted molar refractivity (Wildman–Crippen MR) is 65.9 cm³/mol. The summed E-state index contributed by atoms with van der Waals surface area (Å²) >= 11 is 1.02. The van der Waals surface area contributed by atoms with Crippen molar-refractivity contribution in [2.45, 2.75) is 38.6 Å².